The van der Waals surface area contributed by atoms with E-state index in [9.17, 15) is 9.59 Å². The highest BCUT2D eigenvalue weighted by Gasteiger charge is 2.52. The van der Waals surface area contributed by atoms with Crippen molar-refractivity contribution in [2.75, 3.05) is 25.1 Å². The molecule has 1 fully saturated rings. The highest BCUT2D eigenvalue weighted by atomic mass is 35.5. The smallest absolute Gasteiger partial charge is 0.317 e. The van der Waals surface area contributed by atoms with Crippen LogP contribution < -0.4 is 14.8 Å². The first kappa shape index (κ1) is 18.6. The molecule has 4 rings (SSSR count). The molecule has 28 heavy (non-hydrogen) atoms. The number of benzene rings is 2. The molecule has 2 aromatic carbocycles. The molecule has 0 aromatic heterocycles. The molecule has 146 valence electrons. The van der Waals surface area contributed by atoms with Gasteiger partial charge < -0.3 is 19.5 Å². The molecule has 1 aliphatic heterocycles. The van der Waals surface area contributed by atoms with E-state index in [2.05, 4.69) is 5.32 Å². The van der Waals surface area contributed by atoms with Gasteiger partial charge in [0.1, 0.15) is 0 Å². The summed E-state index contributed by atoms with van der Waals surface area (Å²) in [7, 11) is 0. The lowest BCUT2D eigenvalue weighted by atomic mass is 9.96. The summed E-state index contributed by atoms with van der Waals surface area (Å²) in [4.78, 5) is 24.7. The molecule has 1 aliphatic carbocycles. The summed E-state index contributed by atoms with van der Waals surface area (Å²) < 4.78 is 16.5. The van der Waals surface area contributed by atoms with E-state index >= 15 is 0 Å². The topological polar surface area (TPSA) is 73.9 Å². The Hall–Kier alpha value is -2.73. The number of nitrogens with one attached hydrogen (secondary N) is 1. The molecule has 7 heteroatoms. The number of hydrogen-bond acceptors (Lipinski definition) is 5. The Kier molecular flexibility index (Phi) is 5.13. The number of amides is 1. The molecule has 1 N–H and O–H groups in total. The van der Waals surface area contributed by atoms with Gasteiger partial charge in [0.2, 0.25) is 0 Å². The largest absolute Gasteiger partial charge is 0.490 e. The molecule has 0 spiro atoms. The second kappa shape index (κ2) is 7.72. The molecule has 0 saturated heterocycles. The molecular weight excluding hydrogens is 382 g/mol. The number of hydrogen-bond donors (Lipinski definition) is 1. The van der Waals surface area contributed by atoms with Crippen molar-refractivity contribution in [1.82, 2.24) is 0 Å². The maximum Gasteiger partial charge on any atom is 0.317 e. The van der Waals surface area contributed by atoms with Gasteiger partial charge in [-0.2, -0.15) is 0 Å². The molecule has 1 saturated carbocycles. The Morgan fingerprint density at radius 3 is 2.46 bits per heavy atom. The number of carbonyl (C=O) groups is 2. The van der Waals surface area contributed by atoms with Gasteiger partial charge in [0.25, 0.3) is 5.91 Å². The van der Waals surface area contributed by atoms with Gasteiger partial charge in [0.15, 0.2) is 18.1 Å². The first-order valence-electron chi connectivity index (χ1n) is 9.20. The highest BCUT2D eigenvalue weighted by Crippen LogP contribution is 2.49. The Morgan fingerprint density at radius 2 is 1.75 bits per heavy atom. The third-order valence-electron chi connectivity index (χ3n) is 4.90. The fraction of sp³-hybridized carbons (Fsp3) is 0.333. The second-order valence-electron chi connectivity index (χ2n) is 6.93. The Morgan fingerprint density at radius 1 is 1.04 bits per heavy atom. The van der Waals surface area contributed by atoms with Crippen molar-refractivity contribution in [1.29, 1.82) is 0 Å². The van der Waals surface area contributed by atoms with Crippen LogP contribution in [0.15, 0.2) is 42.5 Å². The number of anilines is 1. The Bertz CT molecular complexity index is 892. The lowest BCUT2D eigenvalue weighted by Crippen LogP contribution is -2.28. The van der Waals surface area contributed by atoms with Crippen molar-refractivity contribution in [3.8, 4) is 11.5 Å². The Balaban J connectivity index is 1.34. The average Bonchev–Trinajstić information content (AvgIpc) is 3.51. The van der Waals surface area contributed by atoms with Crippen molar-refractivity contribution in [2.24, 2.45) is 0 Å². The maximum absolute atomic E-state index is 12.5. The lowest BCUT2D eigenvalue weighted by Gasteiger charge is -2.15. The van der Waals surface area contributed by atoms with Crippen molar-refractivity contribution in [2.45, 2.75) is 24.7 Å². The number of fused-ring (bicyclic) bond motifs is 1. The summed E-state index contributed by atoms with van der Waals surface area (Å²) in [5, 5.41) is 3.33. The van der Waals surface area contributed by atoms with E-state index in [-0.39, 0.29) is 12.6 Å². The summed E-state index contributed by atoms with van der Waals surface area (Å²) in [5.74, 6) is 0.450. The maximum atomic E-state index is 12.5. The van der Waals surface area contributed by atoms with E-state index in [1.54, 1.807) is 30.3 Å². The standard InChI is InChI=1S/C21H20ClNO5/c22-15-4-2-14(3-5-15)21(8-9-21)20(25)28-13-19(24)23-16-6-7-17-18(12-16)27-11-1-10-26-17/h2-7,12H,1,8-11,13H2,(H,23,24). The van der Waals surface area contributed by atoms with Crippen LogP contribution in [0.4, 0.5) is 5.69 Å². The zero-order chi connectivity index (χ0) is 19.6. The molecule has 0 atom stereocenters. The Labute approximate surface area is 167 Å². The molecule has 6 nitrogen and oxygen atoms in total. The van der Waals surface area contributed by atoms with Gasteiger partial charge in [-0.25, -0.2) is 0 Å². The van der Waals surface area contributed by atoms with Crippen molar-refractivity contribution < 1.29 is 23.8 Å². The van der Waals surface area contributed by atoms with Gasteiger partial charge in [0, 0.05) is 23.2 Å². The van der Waals surface area contributed by atoms with Gasteiger partial charge >= 0.3 is 5.97 Å². The molecule has 2 aromatic rings. The normalized spacial score (nSPS) is 16.6. The highest BCUT2D eigenvalue weighted by molar-refractivity contribution is 6.30. The summed E-state index contributed by atoms with van der Waals surface area (Å²) in [5.41, 5.74) is 0.773. The van der Waals surface area contributed by atoms with Crippen LogP contribution in [0.3, 0.4) is 0 Å². The van der Waals surface area contributed by atoms with Gasteiger partial charge in [-0.15, -0.1) is 0 Å². The van der Waals surface area contributed by atoms with Crippen LogP contribution in [0.25, 0.3) is 0 Å². The van der Waals surface area contributed by atoms with Gasteiger partial charge in [-0.1, -0.05) is 23.7 Å². The van der Waals surface area contributed by atoms with Gasteiger partial charge in [-0.3, -0.25) is 9.59 Å². The number of ether oxygens (including phenoxy) is 3. The number of rotatable bonds is 5. The van der Waals surface area contributed by atoms with Gasteiger partial charge in [-0.05, 0) is 42.7 Å². The number of esters is 1. The van der Waals surface area contributed by atoms with E-state index in [0.717, 1.165) is 12.0 Å². The predicted molar refractivity (Wildman–Crippen MR) is 104 cm³/mol. The fourth-order valence-electron chi connectivity index (χ4n) is 3.21. The van der Waals surface area contributed by atoms with Crippen LogP contribution >= 0.6 is 11.6 Å². The molecular formula is C21H20ClNO5. The minimum atomic E-state index is -0.653. The van der Waals surface area contributed by atoms with Crippen LogP contribution in [0.1, 0.15) is 24.8 Å². The van der Waals surface area contributed by atoms with Crippen molar-refractivity contribution in [3.05, 3.63) is 53.1 Å². The van der Waals surface area contributed by atoms with E-state index < -0.39 is 11.3 Å². The third-order valence-corrected chi connectivity index (χ3v) is 5.16. The first-order valence-corrected chi connectivity index (χ1v) is 9.57. The van der Waals surface area contributed by atoms with E-state index in [0.29, 0.717) is 48.3 Å². The molecule has 2 aliphatic rings. The predicted octanol–water partition coefficient (Wildman–Crippen LogP) is 3.71. The van der Waals surface area contributed by atoms with E-state index in [1.165, 1.54) is 0 Å². The van der Waals surface area contributed by atoms with Crippen LogP contribution in [0.5, 0.6) is 11.5 Å². The molecule has 0 unspecified atom stereocenters. The van der Waals surface area contributed by atoms with Crippen LogP contribution in [0, 0.1) is 0 Å². The first-order chi connectivity index (χ1) is 13.6. The quantitative estimate of drug-likeness (QED) is 0.773. The van der Waals surface area contributed by atoms with Crippen molar-refractivity contribution in [3.63, 3.8) is 0 Å². The van der Waals surface area contributed by atoms with E-state index in [4.69, 9.17) is 25.8 Å². The minimum absolute atomic E-state index is 0.345. The monoisotopic (exact) mass is 401 g/mol. The third kappa shape index (κ3) is 3.92. The average molecular weight is 402 g/mol. The number of carbonyl (C=O) groups excluding carboxylic acids is 2. The van der Waals surface area contributed by atoms with Crippen molar-refractivity contribution >= 4 is 29.2 Å². The summed E-state index contributed by atoms with van der Waals surface area (Å²) in [6.45, 7) is 0.821. The van der Waals surface area contributed by atoms with E-state index in [1.807, 2.05) is 12.1 Å². The summed E-state index contributed by atoms with van der Waals surface area (Å²) >= 11 is 5.91. The molecule has 1 heterocycles. The fourth-order valence-corrected chi connectivity index (χ4v) is 3.34. The summed E-state index contributed by atoms with van der Waals surface area (Å²) in [6.07, 6.45) is 2.22. The van der Waals surface area contributed by atoms with Crippen LogP contribution in [-0.2, 0) is 19.7 Å². The summed E-state index contributed by atoms with van der Waals surface area (Å²) in [6, 6.07) is 12.3. The zero-order valence-corrected chi connectivity index (χ0v) is 16.0. The molecule has 0 bridgehead atoms. The second-order valence-corrected chi connectivity index (χ2v) is 7.36. The SMILES string of the molecule is O=C(COC(=O)C1(c2ccc(Cl)cc2)CC1)Nc1ccc2c(c1)OCCCO2. The zero-order valence-electron chi connectivity index (χ0n) is 15.2. The minimum Gasteiger partial charge on any atom is -0.490 e. The number of halogens is 1. The molecule has 1 amide bonds. The van der Waals surface area contributed by atoms with Crippen LogP contribution in [0.2, 0.25) is 5.02 Å². The lowest BCUT2D eigenvalue weighted by molar-refractivity contribution is -0.150. The van der Waals surface area contributed by atoms with Crippen LogP contribution in [-0.4, -0.2) is 31.7 Å². The molecule has 0 radical (unpaired) electrons. The van der Waals surface area contributed by atoms with Gasteiger partial charge in [0.05, 0.1) is 18.6 Å².